The molecule has 0 unspecified atom stereocenters. The maximum absolute atomic E-state index is 13.1. The highest BCUT2D eigenvalue weighted by atomic mass is 16.5. The van der Waals surface area contributed by atoms with E-state index in [4.69, 9.17) is 4.74 Å². The number of tetrazole rings is 1. The largest absolute Gasteiger partial charge is 0.376 e. The van der Waals surface area contributed by atoms with Gasteiger partial charge in [-0.25, -0.2) is 4.68 Å². The summed E-state index contributed by atoms with van der Waals surface area (Å²) in [6.07, 6.45) is 3.72. The van der Waals surface area contributed by atoms with Crippen molar-refractivity contribution >= 4 is 5.91 Å². The van der Waals surface area contributed by atoms with E-state index in [1.54, 1.807) is 4.68 Å². The zero-order valence-electron chi connectivity index (χ0n) is 14.7. The molecular formula is C17H24N6O2. The van der Waals surface area contributed by atoms with E-state index in [9.17, 15) is 4.79 Å². The second kappa shape index (κ2) is 8.17. The van der Waals surface area contributed by atoms with Gasteiger partial charge in [0.2, 0.25) is 0 Å². The predicted octanol–water partition coefficient (Wildman–Crippen LogP) is 0.845. The van der Waals surface area contributed by atoms with Gasteiger partial charge in [0.05, 0.1) is 11.8 Å². The van der Waals surface area contributed by atoms with Gasteiger partial charge in [-0.15, -0.1) is 5.10 Å². The molecule has 1 aromatic carbocycles. The summed E-state index contributed by atoms with van der Waals surface area (Å²) in [5.41, 5.74) is 1.39. The fraction of sp³-hybridized carbons (Fsp3) is 0.529. The normalized spacial score (nSPS) is 17.2. The first-order valence-electron chi connectivity index (χ1n) is 8.52. The number of hydrogen-bond donors (Lipinski definition) is 0. The minimum Gasteiger partial charge on any atom is -0.376 e. The fourth-order valence-corrected chi connectivity index (χ4v) is 2.87. The molecule has 2 heterocycles. The van der Waals surface area contributed by atoms with Gasteiger partial charge in [-0.05, 0) is 55.6 Å². The van der Waals surface area contributed by atoms with Crippen molar-refractivity contribution in [2.24, 2.45) is 0 Å². The van der Waals surface area contributed by atoms with Crippen molar-refractivity contribution in [3.8, 4) is 5.69 Å². The third-order valence-corrected chi connectivity index (χ3v) is 4.26. The summed E-state index contributed by atoms with van der Waals surface area (Å²) in [6, 6.07) is 7.36. The van der Waals surface area contributed by atoms with Gasteiger partial charge < -0.3 is 14.5 Å². The number of likely N-dealkylation sites (N-methyl/N-ethyl adjacent to an activating group) is 1. The molecule has 0 spiro atoms. The Balaban J connectivity index is 1.77. The van der Waals surface area contributed by atoms with Gasteiger partial charge in [0.25, 0.3) is 5.91 Å². The van der Waals surface area contributed by atoms with Crippen LogP contribution in [0.25, 0.3) is 5.69 Å². The van der Waals surface area contributed by atoms with Gasteiger partial charge in [-0.1, -0.05) is 6.07 Å². The summed E-state index contributed by atoms with van der Waals surface area (Å²) in [7, 11) is 4.01. The van der Waals surface area contributed by atoms with E-state index < -0.39 is 0 Å². The van der Waals surface area contributed by atoms with Crippen LogP contribution in [0.15, 0.2) is 30.6 Å². The SMILES string of the molecule is CN(C)CCN(C[C@H]1CCCO1)C(=O)c1cccc(-n2cnnn2)c1. The Morgan fingerprint density at radius 3 is 2.92 bits per heavy atom. The summed E-state index contributed by atoms with van der Waals surface area (Å²) < 4.78 is 7.26. The first kappa shape index (κ1) is 17.5. The lowest BCUT2D eigenvalue weighted by Gasteiger charge is -2.27. The summed E-state index contributed by atoms with van der Waals surface area (Å²) >= 11 is 0. The van der Waals surface area contributed by atoms with Gasteiger partial charge >= 0.3 is 0 Å². The molecule has 3 rings (SSSR count). The number of amides is 1. The molecule has 0 bridgehead atoms. The van der Waals surface area contributed by atoms with Crippen LogP contribution in [-0.4, -0.2) is 82.4 Å². The highest BCUT2D eigenvalue weighted by Gasteiger charge is 2.23. The lowest BCUT2D eigenvalue weighted by molar-refractivity contribution is 0.0512. The van der Waals surface area contributed by atoms with Crippen molar-refractivity contribution in [3.05, 3.63) is 36.2 Å². The molecule has 0 aliphatic carbocycles. The molecule has 134 valence electrons. The molecule has 1 aliphatic rings. The van der Waals surface area contributed by atoms with Crippen molar-refractivity contribution in [1.82, 2.24) is 30.0 Å². The van der Waals surface area contributed by atoms with E-state index in [0.29, 0.717) is 18.7 Å². The molecule has 1 fully saturated rings. The zero-order valence-corrected chi connectivity index (χ0v) is 14.7. The van der Waals surface area contributed by atoms with E-state index in [-0.39, 0.29) is 12.0 Å². The molecule has 1 aliphatic heterocycles. The number of carbonyl (C=O) groups is 1. The number of carbonyl (C=O) groups excluding carboxylic acids is 1. The topological polar surface area (TPSA) is 76.4 Å². The number of hydrogen-bond acceptors (Lipinski definition) is 6. The number of aromatic nitrogens is 4. The van der Waals surface area contributed by atoms with Crippen LogP contribution in [0.5, 0.6) is 0 Å². The Kier molecular flexibility index (Phi) is 5.72. The summed E-state index contributed by atoms with van der Waals surface area (Å²) in [5, 5.41) is 11.2. The molecule has 0 radical (unpaired) electrons. The van der Waals surface area contributed by atoms with E-state index in [1.807, 2.05) is 43.3 Å². The maximum atomic E-state index is 13.1. The monoisotopic (exact) mass is 344 g/mol. The number of nitrogens with zero attached hydrogens (tertiary/aromatic N) is 6. The van der Waals surface area contributed by atoms with Crippen LogP contribution < -0.4 is 0 Å². The molecule has 1 atom stereocenters. The Labute approximate surface area is 147 Å². The third-order valence-electron chi connectivity index (χ3n) is 4.26. The van der Waals surface area contributed by atoms with Crippen LogP contribution >= 0.6 is 0 Å². The lowest BCUT2D eigenvalue weighted by atomic mass is 10.1. The summed E-state index contributed by atoms with van der Waals surface area (Å²) in [4.78, 5) is 17.0. The van der Waals surface area contributed by atoms with Crippen molar-refractivity contribution in [2.75, 3.05) is 40.3 Å². The molecule has 0 saturated carbocycles. The standard InChI is InChI=1S/C17H24N6O2/c1-21(2)8-9-22(12-16-7-4-10-25-16)17(24)14-5-3-6-15(11-14)23-13-18-19-20-23/h3,5-6,11,13,16H,4,7-10,12H2,1-2H3/t16-/m1/s1. The fourth-order valence-electron chi connectivity index (χ4n) is 2.87. The highest BCUT2D eigenvalue weighted by molar-refractivity contribution is 5.94. The summed E-state index contributed by atoms with van der Waals surface area (Å²) in [5.74, 6) is 0.00674. The van der Waals surface area contributed by atoms with Crippen molar-refractivity contribution in [2.45, 2.75) is 18.9 Å². The molecule has 1 aromatic heterocycles. The predicted molar refractivity (Wildman–Crippen MR) is 92.6 cm³/mol. The van der Waals surface area contributed by atoms with Crippen LogP contribution in [0.4, 0.5) is 0 Å². The average molecular weight is 344 g/mol. The van der Waals surface area contributed by atoms with Gasteiger partial charge in [-0.2, -0.15) is 0 Å². The molecule has 0 N–H and O–H groups in total. The number of rotatable bonds is 7. The first-order chi connectivity index (χ1) is 12.1. The van der Waals surface area contributed by atoms with E-state index in [0.717, 1.165) is 31.7 Å². The Morgan fingerprint density at radius 2 is 2.24 bits per heavy atom. The smallest absolute Gasteiger partial charge is 0.254 e. The molecule has 1 amide bonds. The van der Waals surface area contributed by atoms with E-state index >= 15 is 0 Å². The Morgan fingerprint density at radius 1 is 1.36 bits per heavy atom. The second-order valence-corrected chi connectivity index (χ2v) is 6.49. The minimum atomic E-state index is 0.00674. The molecule has 8 heteroatoms. The molecular weight excluding hydrogens is 320 g/mol. The van der Waals surface area contributed by atoms with Crippen LogP contribution in [0, 0.1) is 0 Å². The number of ether oxygens (including phenoxy) is 1. The molecule has 25 heavy (non-hydrogen) atoms. The maximum Gasteiger partial charge on any atom is 0.254 e. The number of benzene rings is 1. The van der Waals surface area contributed by atoms with Crippen LogP contribution in [-0.2, 0) is 4.74 Å². The quantitative estimate of drug-likeness (QED) is 0.741. The summed E-state index contributed by atoms with van der Waals surface area (Å²) in [6.45, 7) is 2.89. The second-order valence-electron chi connectivity index (χ2n) is 6.49. The zero-order chi connectivity index (χ0) is 17.6. The minimum absolute atomic E-state index is 0.00674. The van der Waals surface area contributed by atoms with Crippen LogP contribution in [0.3, 0.4) is 0 Å². The van der Waals surface area contributed by atoms with Gasteiger partial charge in [0.1, 0.15) is 6.33 Å². The third kappa shape index (κ3) is 4.61. The molecule has 1 saturated heterocycles. The highest BCUT2D eigenvalue weighted by Crippen LogP contribution is 2.16. The first-order valence-corrected chi connectivity index (χ1v) is 8.52. The van der Waals surface area contributed by atoms with Gasteiger partial charge in [0, 0.05) is 31.8 Å². The van der Waals surface area contributed by atoms with Crippen LogP contribution in [0.1, 0.15) is 23.2 Å². The van der Waals surface area contributed by atoms with Crippen molar-refractivity contribution < 1.29 is 9.53 Å². The van der Waals surface area contributed by atoms with E-state index in [2.05, 4.69) is 20.4 Å². The molecule has 8 nitrogen and oxygen atoms in total. The molecule has 2 aromatic rings. The van der Waals surface area contributed by atoms with Crippen molar-refractivity contribution in [1.29, 1.82) is 0 Å². The van der Waals surface area contributed by atoms with Gasteiger partial charge in [-0.3, -0.25) is 4.79 Å². The lowest BCUT2D eigenvalue weighted by Crippen LogP contribution is -2.41. The van der Waals surface area contributed by atoms with Gasteiger partial charge in [0.15, 0.2) is 0 Å². The Hall–Kier alpha value is -2.32. The van der Waals surface area contributed by atoms with Crippen molar-refractivity contribution in [3.63, 3.8) is 0 Å². The van der Waals surface area contributed by atoms with Crippen LogP contribution in [0.2, 0.25) is 0 Å². The Bertz CT molecular complexity index is 682. The van der Waals surface area contributed by atoms with E-state index in [1.165, 1.54) is 6.33 Å². The average Bonchev–Trinajstić information content (AvgIpc) is 3.31.